The molecule has 1 N–H and O–H groups in total. The number of aromatic amines is 1. The van der Waals surface area contributed by atoms with E-state index in [9.17, 15) is 4.79 Å². The van der Waals surface area contributed by atoms with E-state index in [2.05, 4.69) is 15.1 Å². The Kier molecular flexibility index (Phi) is 1.70. The quantitative estimate of drug-likeness (QED) is 0.697. The van der Waals surface area contributed by atoms with Crippen LogP contribution in [0.5, 0.6) is 0 Å². The molecular formula is C8H7N3O2. The normalized spacial score (nSPS) is 10.2. The lowest BCUT2D eigenvalue weighted by molar-refractivity contribution is 0.425. The molecule has 0 saturated heterocycles. The van der Waals surface area contributed by atoms with Gasteiger partial charge in [-0.25, -0.2) is 0 Å². The van der Waals surface area contributed by atoms with Crippen LogP contribution in [0, 0.1) is 6.92 Å². The average Bonchev–Trinajstić information content (AvgIpc) is 2.53. The van der Waals surface area contributed by atoms with Crippen molar-refractivity contribution in [3.63, 3.8) is 0 Å². The second-order valence-corrected chi connectivity index (χ2v) is 2.57. The van der Waals surface area contributed by atoms with E-state index in [1.807, 2.05) is 0 Å². The number of nitrogens with zero attached hydrogens (tertiary/aromatic N) is 2. The topological polar surface area (TPSA) is 71.8 Å². The number of aryl methyl sites for hydroxylation is 1. The van der Waals surface area contributed by atoms with Crippen LogP contribution in [0.1, 0.15) is 5.82 Å². The summed E-state index contributed by atoms with van der Waals surface area (Å²) in [7, 11) is 0. The second-order valence-electron chi connectivity index (χ2n) is 2.57. The van der Waals surface area contributed by atoms with Crippen LogP contribution in [-0.2, 0) is 0 Å². The first-order valence-electron chi connectivity index (χ1n) is 3.75. The Bertz CT molecular complexity index is 472. The molecule has 0 unspecified atom stereocenters. The number of hydrogen-bond donors (Lipinski definition) is 1. The predicted molar refractivity (Wildman–Crippen MR) is 45.1 cm³/mol. The average molecular weight is 177 g/mol. The molecule has 0 fully saturated rings. The highest BCUT2D eigenvalue weighted by molar-refractivity contribution is 5.50. The van der Waals surface area contributed by atoms with Crippen LogP contribution in [0.2, 0.25) is 0 Å². The number of nitrogens with one attached hydrogen (secondary N) is 1. The van der Waals surface area contributed by atoms with E-state index in [1.54, 1.807) is 13.1 Å². The Balaban J connectivity index is 2.59. The zero-order valence-electron chi connectivity index (χ0n) is 6.94. The molecule has 0 bridgehead atoms. The van der Waals surface area contributed by atoms with Gasteiger partial charge in [0.2, 0.25) is 0 Å². The maximum atomic E-state index is 11.3. The third-order valence-corrected chi connectivity index (χ3v) is 1.58. The Morgan fingerprint density at radius 1 is 1.54 bits per heavy atom. The van der Waals surface area contributed by atoms with Gasteiger partial charge in [-0.1, -0.05) is 5.16 Å². The largest absolute Gasteiger partial charge is 0.367 e. The van der Waals surface area contributed by atoms with Crippen molar-refractivity contribution in [2.75, 3.05) is 0 Å². The number of rotatable bonds is 1. The van der Waals surface area contributed by atoms with Crippen molar-refractivity contribution in [3.8, 4) is 11.5 Å². The summed E-state index contributed by atoms with van der Waals surface area (Å²) in [5.74, 6) is 0.762. The Morgan fingerprint density at radius 2 is 2.38 bits per heavy atom. The SMILES string of the molecule is Cc1noc(-c2c[nH]ccc2=O)n1. The van der Waals surface area contributed by atoms with Gasteiger partial charge in [0, 0.05) is 18.5 Å². The first-order chi connectivity index (χ1) is 6.27. The predicted octanol–water partition coefficient (Wildman–Crippen LogP) is 0.733. The number of hydrogen-bond acceptors (Lipinski definition) is 4. The van der Waals surface area contributed by atoms with Crippen LogP contribution in [0.3, 0.4) is 0 Å². The van der Waals surface area contributed by atoms with E-state index >= 15 is 0 Å². The maximum absolute atomic E-state index is 11.3. The molecule has 5 heteroatoms. The summed E-state index contributed by atoms with van der Waals surface area (Å²) in [6, 6.07) is 1.41. The van der Waals surface area contributed by atoms with Gasteiger partial charge in [-0.05, 0) is 6.92 Å². The molecule has 0 spiro atoms. The minimum absolute atomic E-state index is 0.137. The second kappa shape index (κ2) is 2.85. The smallest absolute Gasteiger partial charge is 0.263 e. The van der Waals surface area contributed by atoms with Crippen LogP contribution in [0.4, 0.5) is 0 Å². The molecule has 0 radical (unpaired) electrons. The molecule has 5 nitrogen and oxygen atoms in total. The monoisotopic (exact) mass is 177 g/mol. The van der Waals surface area contributed by atoms with Crippen LogP contribution in [-0.4, -0.2) is 15.1 Å². The molecule has 0 amide bonds. The van der Waals surface area contributed by atoms with Gasteiger partial charge in [-0.2, -0.15) is 4.98 Å². The van der Waals surface area contributed by atoms with E-state index in [1.165, 1.54) is 12.3 Å². The van der Waals surface area contributed by atoms with Gasteiger partial charge in [-0.15, -0.1) is 0 Å². The first kappa shape index (κ1) is 7.72. The summed E-state index contributed by atoms with van der Waals surface area (Å²) in [4.78, 5) is 18.0. The number of pyridine rings is 1. The van der Waals surface area contributed by atoms with E-state index in [0.29, 0.717) is 11.4 Å². The minimum atomic E-state index is -0.137. The third-order valence-electron chi connectivity index (χ3n) is 1.58. The van der Waals surface area contributed by atoms with Gasteiger partial charge in [-0.3, -0.25) is 4.79 Å². The first-order valence-corrected chi connectivity index (χ1v) is 3.75. The van der Waals surface area contributed by atoms with E-state index in [4.69, 9.17) is 4.52 Å². The number of H-pyrrole nitrogens is 1. The van der Waals surface area contributed by atoms with Crippen molar-refractivity contribution in [2.24, 2.45) is 0 Å². The molecule has 0 aliphatic rings. The highest BCUT2D eigenvalue weighted by Crippen LogP contribution is 2.09. The van der Waals surface area contributed by atoms with E-state index < -0.39 is 0 Å². The molecule has 0 aliphatic carbocycles. The molecule has 0 saturated carbocycles. The number of aromatic nitrogens is 3. The molecule has 2 rings (SSSR count). The molecule has 2 aromatic heterocycles. The maximum Gasteiger partial charge on any atom is 0.263 e. The highest BCUT2D eigenvalue weighted by Gasteiger charge is 2.08. The molecule has 0 aromatic carbocycles. The fourth-order valence-electron chi connectivity index (χ4n) is 0.990. The molecule has 2 aromatic rings. The van der Waals surface area contributed by atoms with Crippen LogP contribution >= 0.6 is 0 Å². The summed E-state index contributed by atoms with van der Waals surface area (Å²) in [6.45, 7) is 1.70. The Hall–Kier alpha value is -1.91. The van der Waals surface area contributed by atoms with Gasteiger partial charge >= 0.3 is 0 Å². The zero-order chi connectivity index (χ0) is 9.26. The standard InChI is InChI=1S/C8H7N3O2/c1-5-10-8(13-11-5)6-4-9-3-2-7(6)12/h2-4H,1H3,(H,9,12). The molecule has 2 heterocycles. The molecule has 0 atom stereocenters. The summed E-state index contributed by atoms with van der Waals surface area (Å²) in [5, 5.41) is 3.60. The van der Waals surface area contributed by atoms with Crippen molar-refractivity contribution in [3.05, 3.63) is 34.5 Å². The summed E-state index contributed by atoms with van der Waals surface area (Å²) in [5.41, 5.74) is 0.255. The third kappa shape index (κ3) is 1.35. The van der Waals surface area contributed by atoms with E-state index in [-0.39, 0.29) is 11.3 Å². The van der Waals surface area contributed by atoms with Crippen molar-refractivity contribution in [1.82, 2.24) is 15.1 Å². The lowest BCUT2D eigenvalue weighted by Gasteiger charge is -1.89. The molecule has 66 valence electrons. The van der Waals surface area contributed by atoms with Crippen LogP contribution in [0.15, 0.2) is 27.8 Å². The van der Waals surface area contributed by atoms with Crippen molar-refractivity contribution in [1.29, 1.82) is 0 Å². The summed E-state index contributed by atoms with van der Waals surface area (Å²) in [6.07, 6.45) is 3.09. The van der Waals surface area contributed by atoms with Gasteiger partial charge in [0.25, 0.3) is 5.89 Å². The van der Waals surface area contributed by atoms with Crippen molar-refractivity contribution >= 4 is 0 Å². The van der Waals surface area contributed by atoms with Crippen LogP contribution in [0.25, 0.3) is 11.5 Å². The highest BCUT2D eigenvalue weighted by atomic mass is 16.5. The fraction of sp³-hybridized carbons (Fsp3) is 0.125. The summed E-state index contributed by atoms with van der Waals surface area (Å²) < 4.78 is 4.85. The zero-order valence-corrected chi connectivity index (χ0v) is 6.94. The Morgan fingerprint density at radius 3 is 3.00 bits per heavy atom. The van der Waals surface area contributed by atoms with Gasteiger partial charge < -0.3 is 9.51 Å². The van der Waals surface area contributed by atoms with E-state index in [0.717, 1.165) is 0 Å². The summed E-state index contributed by atoms with van der Waals surface area (Å²) >= 11 is 0. The molecular weight excluding hydrogens is 170 g/mol. The minimum Gasteiger partial charge on any atom is -0.367 e. The molecule has 13 heavy (non-hydrogen) atoms. The van der Waals surface area contributed by atoms with Crippen molar-refractivity contribution in [2.45, 2.75) is 6.92 Å². The van der Waals surface area contributed by atoms with Gasteiger partial charge in [0.15, 0.2) is 11.3 Å². The lowest BCUT2D eigenvalue weighted by Crippen LogP contribution is -2.02. The Labute approximate surface area is 73.4 Å². The van der Waals surface area contributed by atoms with Gasteiger partial charge in [0.05, 0.1) is 0 Å². The van der Waals surface area contributed by atoms with Crippen LogP contribution < -0.4 is 5.43 Å². The van der Waals surface area contributed by atoms with Crippen molar-refractivity contribution < 1.29 is 4.52 Å². The molecule has 0 aliphatic heterocycles. The fourth-order valence-corrected chi connectivity index (χ4v) is 0.990. The van der Waals surface area contributed by atoms with Gasteiger partial charge in [0.1, 0.15) is 5.56 Å². The lowest BCUT2D eigenvalue weighted by atomic mass is 10.3.